The fourth-order valence-electron chi connectivity index (χ4n) is 2.68. The molecule has 108 valence electrons. The Bertz CT molecular complexity index is 703. The van der Waals surface area contributed by atoms with Gasteiger partial charge >= 0.3 is 0 Å². The van der Waals surface area contributed by atoms with Gasteiger partial charge in [-0.3, -0.25) is 0 Å². The fraction of sp³-hybridized carbons (Fsp3) is 0.0476. The third-order valence-electron chi connectivity index (χ3n) is 3.89. The molecular weight excluding hydrogens is 288 g/mol. The Balaban J connectivity index is 2.20. The Hall–Kier alpha value is -2.31. The molecule has 0 nitrogen and oxygen atoms in total. The van der Waals surface area contributed by atoms with Crippen molar-refractivity contribution in [1.82, 2.24) is 0 Å². The number of halogens is 1. The number of rotatable bonds is 4. The maximum atomic E-state index is 7.19. The number of alkyl halides is 1. The molecule has 0 bridgehead atoms. The first kappa shape index (κ1) is 14.6. The van der Waals surface area contributed by atoms with E-state index in [0.29, 0.717) is 0 Å². The van der Waals surface area contributed by atoms with Crippen LogP contribution in [0.25, 0.3) is 6.08 Å². The minimum atomic E-state index is -0.692. The lowest BCUT2D eigenvalue weighted by Crippen LogP contribution is -2.22. The van der Waals surface area contributed by atoms with Gasteiger partial charge in [-0.05, 0) is 22.3 Å². The highest BCUT2D eigenvalue weighted by Gasteiger charge is 2.33. The van der Waals surface area contributed by atoms with Crippen molar-refractivity contribution < 1.29 is 0 Å². The minimum Gasteiger partial charge on any atom is -0.104 e. The van der Waals surface area contributed by atoms with Crippen molar-refractivity contribution in [3.63, 3.8) is 0 Å². The van der Waals surface area contributed by atoms with Gasteiger partial charge in [-0.1, -0.05) is 97.6 Å². The van der Waals surface area contributed by atoms with E-state index in [1.165, 1.54) is 0 Å². The second kappa shape index (κ2) is 6.21. The summed E-state index contributed by atoms with van der Waals surface area (Å²) in [5.41, 5.74) is 4.27. The smallest absolute Gasteiger partial charge is 0.104 e. The van der Waals surface area contributed by atoms with E-state index in [0.717, 1.165) is 22.3 Å². The second-order valence-corrected chi connectivity index (χ2v) is 5.78. The number of hydrogen-bond donors (Lipinski definition) is 0. The van der Waals surface area contributed by atoms with Gasteiger partial charge in [0, 0.05) is 0 Å². The highest BCUT2D eigenvalue weighted by molar-refractivity contribution is 6.28. The van der Waals surface area contributed by atoms with Crippen molar-refractivity contribution in [3.05, 3.63) is 114 Å². The van der Waals surface area contributed by atoms with Gasteiger partial charge in [-0.25, -0.2) is 0 Å². The van der Waals surface area contributed by atoms with Crippen LogP contribution in [0.2, 0.25) is 0 Å². The molecule has 0 spiro atoms. The van der Waals surface area contributed by atoms with E-state index in [2.05, 4.69) is 43.0 Å². The molecule has 0 aliphatic rings. The normalized spacial score (nSPS) is 11.1. The molecule has 3 rings (SSSR count). The van der Waals surface area contributed by atoms with Gasteiger partial charge in [0.05, 0.1) is 0 Å². The predicted octanol–water partition coefficient (Wildman–Crippen LogP) is 5.86. The Kier molecular flexibility index (Phi) is 4.13. The van der Waals surface area contributed by atoms with Crippen LogP contribution in [0.3, 0.4) is 0 Å². The van der Waals surface area contributed by atoms with Gasteiger partial charge < -0.3 is 0 Å². The van der Waals surface area contributed by atoms with Crippen LogP contribution < -0.4 is 0 Å². The van der Waals surface area contributed by atoms with E-state index in [1.807, 2.05) is 54.6 Å². The molecular formula is C21H17Cl. The Morgan fingerprint density at radius 2 is 1.05 bits per heavy atom. The first-order valence-corrected chi connectivity index (χ1v) is 7.66. The first-order valence-electron chi connectivity index (χ1n) is 7.28. The van der Waals surface area contributed by atoms with Crippen molar-refractivity contribution in [1.29, 1.82) is 0 Å². The first-order chi connectivity index (χ1) is 10.7. The van der Waals surface area contributed by atoms with E-state index >= 15 is 0 Å². The summed E-state index contributed by atoms with van der Waals surface area (Å²) >= 11 is 7.19. The third-order valence-corrected chi connectivity index (χ3v) is 4.54. The number of benzene rings is 3. The molecule has 0 N–H and O–H groups in total. The fourth-order valence-corrected chi connectivity index (χ4v) is 3.06. The summed E-state index contributed by atoms with van der Waals surface area (Å²) in [5, 5.41) is 0. The topological polar surface area (TPSA) is 0 Å². The molecule has 1 heteroatoms. The number of hydrogen-bond acceptors (Lipinski definition) is 0. The van der Waals surface area contributed by atoms with E-state index in [-0.39, 0.29) is 0 Å². The summed E-state index contributed by atoms with van der Waals surface area (Å²) in [6.07, 6.45) is 1.84. The summed E-state index contributed by atoms with van der Waals surface area (Å²) in [5.74, 6) is 0. The molecule has 0 heterocycles. The lowest BCUT2D eigenvalue weighted by Gasteiger charge is -2.29. The van der Waals surface area contributed by atoms with E-state index in [1.54, 1.807) is 0 Å². The Morgan fingerprint density at radius 3 is 1.45 bits per heavy atom. The molecule has 0 amide bonds. The third kappa shape index (κ3) is 2.58. The highest BCUT2D eigenvalue weighted by Crippen LogP contribution is 2.42. The van der Waals surface area contributed by atoms with Crippen molar-refractivity contribution in [2.24, 2.45) is 0 Å². The van der Waals surface area contributed by atoms with Crippen molar-refractivity contribution in [2.45, 2.75) is 4.87 Å². The largest absolute Gasteiger partial charge is 0.119 e. The molecule has 0 atom stereocenters. The summed E-state index contributed by atoms with van der Waals surface area (Å²) in [6, 6.07) is 28.6. The zero-order valence-corrected chi connectivity index (χ0v) is 13.0. The van der Waals surface area contributed by atoms with Crippen LogP contribution in [0.4, 0.5) is 0 Å². The van der Waals surface area contributed by atoms with Gasteiger partial charge in [-0.2, -0.15) is 0 Å². The quantitative estimate of drug-likeness (QED) is 0.418. The molecule has 0 aliphatic carbocycles. The lowest BCUT2D eigenvalue weighted by molar-refractivity contribution is 0.879. The average Bonchev–Trinajstić information content (AvgIpc) is 2.62. The summed E-state index contributed by atoms with van der Waals surface area (Å²) in [6.45, 7) is 3.81. The molecule has 0 saturated heterocycles. The zero-order chi connectivity index (χ0) is 15.4. The molecule has 0 fully saturated rings. The van der Waals surface area contributed by atoms with Crippen LogP contribution in [0.5, 0.6) is 0 Å². The van der Waals surface area contributed by atoms with Gasteiger partial charge in [0.25, 0.3) is 0 Å². The molecule has 0 saturated carbocycles. The molecule has 3 aromatic carbocycles. The zero-order valence-electron chi connectivity index (χ0n) is 12.2. The molecule has 22 heavy (non-hydrogen) atoms. The lowest BCUT2D eigenvalue weighted by atomic mass is 9.84. The van der Waals surface area contributed by atoms with Crippen LogP contribution in [-0.2, 0) is 4.87 Å². The van der Waals surface area contributed by atoms with Crippen LogP contribution in [0.1, 0.15) is 22.3 Å². The minimum absolute atomic E-state index is 0.692. The van der Waals surface area contributed by atoms with Crippen molar-refractivity contribution >= 4 is 17.7 Å². The van der Waals surface area contributed by atoms with Crippen molar-refractivity contribution in [2.75, 3.05) is 0 Å². The van der Waals surface area contributed by atoms with E-state index in [4.69, 9.17) is 11.6 Å². The van der Waals surface area contributed by atoms with Gasteiger partial charge in [0.15, 0.2) is 0 Å². The maximum absolute atomic E-state index is 7.19. The van der Waals surface area contributed by atoms with Crippen LogP contribution in [0, 0.1) is 0 Å². The van der Waals surface area contributed by atoms with E-state index in [9.17, 15) is 0 Å². The Morgan fingerprint density at radius 1 is 0.636 bits per heavy atom. The maximum Gasteiger partial charge on any atom is 0.119 e. The SMILES string of the molecule is C=Cc1ccc(C(Cl)(c2ccccc2)c2ccccc2)cc1. The van der Waals surface area contributed by atoms with Gasteiger partial charge in [0.1, 0.15) is 4.87 Å². The second-order valence-electron chi connectivity index (χ2n) is 5.22. The predicted molar refractivity (Wildman–Crippen MR) is 95.2 cm³/mol. The molecule has 0 unspecified atom stereocenters. The molecule has 0 aliphatic heterocycles. The van der Waals surface area contributed by atoms with Crippen molar-refractivity contribution in [3.8, 4) is 0 Å². The molecule has 3 aromatic rings. The molecule has 0 radical (unpaired) electrons. The van der Waals surface area contributed by atoms with Gasteiger partial charge in [0.2, 0.25) is 0 Å². The van der Waals surface area contributed by atoms with Crippen LogP contribution >= 0.6 is 11.6 Å². The average molecular weight is 305 g/mol. The summed E-state index contributed by atoms with van der Waals surface area (Å²) < 4.78 is 0. The highest BCUT2D eigenvalue weighted by atomic mass is 35.5. The monoisotopic (exact) mass is 304 g/mol. The van der Waals surface area contributed by atoms with Crippen LogP contribution in [-0.4, -0.2) is 0 Å². The Labute approximate surface area is 136 Å². The van der Waals surface area contributed by atoms with Crippen LogP contribution in [0.15, 0.2) is 91.5 Å². The molecule has 0 aromatic heterocycles. The standard InChI is InChI=1S/C21H17Cl/c1-2-17-13-15-20(16-14-17)21(22,18-9-5-3-6-10-18)19-11-7-4-8-12-19/h2-16H,1H2. The summed E-state index contributed by atoms with van der Waals surface area (Å²) in [7, 11) is 0. The van der Waals surface area contributed by atoms with Gasteiger partial charge in [-0.15, -0.1) is 11.6 Å². The summed E-state index contributed by atoms with van der Waals surface area (Å²) in [4.78, 5) is -0.692. The van der Waals surface area contributed by atoms with E-state index < -0.39 is 4.87 Å².